The summed E-state index contributed by atoms with van der Waals surface area (Å²) in [5.41, 5.74) is 7.67. The zero-order valence-electron chi connectivity index (χ0n) is 15.2. The van der Waals surface area contributed by atoms with Crippen molar-refractivity contribution < 1.29 is 4.79 Å². The van der Waals surface area contributed by atoms with Gasteiger partial charge in [0.1, 0.15) is 0 Å². The molecule has 2 aromatic heterocycles. The molecule has 0 unspecified atom stereocenters. The first-order valence-corrected chi connectivity index (χ1v) is 9.64. The largest absolute Gasteiger partial charge is 0.369 e. The van der Waals surface area contributed by atoms with Gasteiger partial charge < -0.3 is 9.80 Å². The number of amides is 1. The van der Waals surface area contributed by atoms with Gasteiger partial charge in [-0.05, 0) is 61.4 Å². The lowest BCUT2D eigenvalue weighted by atomic mass is 10.0. The van der Waals surface area contributed by atoms with Gasteiger partial charge in [0.2, 0.25) is 5.91 Å². The van der Waals surface area contributed by atoms with Crippen LogP contribution >= 0.6 is 0 Å². The molecule has 26 heavy (non-hydrogen) atoms. The van der Waals surface area contributed by atoms with E-state index in [-0.39, 0.29) is 11.8 Å². The van der Waals surface area contributed by atoms with Gasteiger partial charge in [0.15, 0.2) is 0 Å². The third-order valence-electron chi connectivity index (χ3n) is 6.26. The van der Waals surface area contributed by atoms with Crippen molar-refractivity contribution in [1.29, 1.82) is 0 Å². The standard InChI is InChI=1S/C21H24N4O/c1-14-17-5-2-6-19(17)23-20-13-25(12-18(14)20)21(26)15-7-9-24(11-15)16-4-3-8-22-10-16/h3-4,8,10,15H,2,5-7,9,11-13H2,1H3/t15-/m1/s1. The third kappa shape index (κ3) is 2.49. The van der Waals surface area contributed by atoms with Crippen molar-refractivity contribution in [2.45, 2.75) is 45.7 Å². The van der Waals surface area contributed by atoms with Crippen molar-refractivity contribution in [1.82, 2.24) is 14.9 Å². The number of hydrogen-bond donors (Lipinski definition) is 0. The predicted molar refractivity (Wildman–Crippen MR) is 99.8 cm³/mol. The molecule has 0 spiro atoms. The lowest BCUT2D eigenvalue weighted by molar-refractivity contribution is -0.135. The maximum absolute atomic E-state index is 13.1. The molecule has 3 aliphatic rings. The fourth-order valence-corrected chi connectivity index (χ4v) is 4.80. The second-order valence-corrected chi connectivity index (χ2v) is 7.78. The van der Waals surface area contributed by atoms with Crippen molar-refractivity contribution in [3.8, 4) is 0 Å². The molecule has 1 saturated heterocycles. The Morgan fingerprint density at radius 3 is 2.96 bits per heavy atom. The Hall–Kier alpha value is -2.43. The van der Waals surface area contributed by atoms with Gasteiger partial charge in [0.25, 0.3) is 0 Å². The molecule has 5 heteroatoms. The van der Waals surface area contributed by atoms with Gasteiger partial charge in [-0.2, -0.15) is 0 Å². The van der Waals surface area contributed by atoms with Crippen LogP contribution < -0.4 is 4.90 Å². The summed E-state index contributed by atoms with van der Waals surface area (Å²) in [4.78, 5) is 26.5. The number of carbonyl (C=O) groups is 1. The Morgan fingerprint density at radius 1 is 1.19 bits per heavy atom. The van der Waals surface area contributed by atoms with Crippen molar-refractivity contribution in [2.24, 2.45) is 5.92 Å². The molecule has 1 fully saturated rings. The van der Waals surface area contributed by atoms with Crippen LogP contribution in [0.2, 0.25) is 0 Å². The Bertz CT molecular complexity index is 864. The number of aryl methyl sites for hydroxylation is 1. The quantitative estimate of drug-likeness (QED) is 0.837. The Morgan fingerprint density at radius 2 is 2.12 bits per heavy atom. The van der Waals surface area contributed by atoms with E-state index in [2.05, 4.69) is 22.9 Å². The molecular formula is C21H24N4O. The summed E-state index contributed by atoms with van der Waals surface area (Å²) < 4.78 is 0. The summed E-state index contributed by atoms with van der Waals surface area (Å²) in [6.07, 6.45) is 8.06. The Kier molecular flexibility index (Phi) is 3.69. The van der Waals surface area contributed by atoms with E-state index in [1.807, 2.05) is 17.2 Å². The molecule has 134 valence electrons. The first-order valence-electron chi connectivity index (χ1n) is 9.64. The van der Waals surface area contributed by atoms with Crippen LogP contribution in [0.15, 0.2) is 24.5 Å². The monoisotopic (exact) mass is 348 g/mol. The number of aromatic nitrogens is 2. The van der Waals surface area contributed by atoms with Crippen molar-refractivity contribution in [2.75, 3.05) is 18.0 Å². The molecule has 0 aromatic carbocycles. The molecule has 1 atom stereocenters. The van der Waals surface area contributed by atoms with Crippen LogP contribution in [0.1, 0.15) is 40.9 Å². The molecule has 0 radical (unpaired) electrons. The van der Waals surface area contributed by atoms with Crippen molar-refractivity contribution in [3.05, 3.63) is 52.6 Å². The summed E-state index contributed by atoms with van der Waals surface area (Å²) in [6.45, 7) is 5.36. The summed E-state index contributed by atoms with van der Waals surface area (Å²) in [5, 5.41) is 0. The van der Waals surface area contributed by atoms with Crippen LogP contribution in [0.25, 0.3) is 0 Å². The number of carbonyl (C=O) groups excluding carboxylic acids is 1. The average Bonchev–Trinajstić information content (AvgIpc) is 3.41. The topological polar surface area (TPSA) is 49.3 Å². The van der Waals surface area contributed by atoms with Gasteiger partial charge in [-0.25, -0.2) is 0 Å². The SMILES string of the molecule is Cc1c2c(nc3c1CN(C(=O)[C@@H]1CCN(c4cccnc4)C1)C3)CCC2. The smallest absolute Gasteiger partial charge is 0.228 e. The molecule has 2 aliphatic heterocycles. The van der Waals surface area contributed by atoms with Gasteiger partial charge in [0, 0.05) is 31.5 Å². The minimum absolute atomic E-state index is 0.0803. The van der Waals surface area contributed by atoms with Crippen LogP contribution in [0.5, 0.6) is 0 Å². The minimum Gasteiger partial charge on any atom is -0.369 e. The molecule has 5 rings (SSSR count). The first-order chi connectivity index (χ1) is 12.7. The fraction of sp³-hybridized carbons (Fsp3) is 0.476. The predicted octanol–water partition coefficient (Wildman–Crippen LogP) is 2.64. The van der Waals surface area contributed by atoms with Gasteiger partial charge >= 0.3 is 0 Å². The van der Waals surface area contributed by atoms with E-state index in [1.165, 1.54) is 28.8 Å². The molecule has 0 bridgehead atoms. The zero-order chi connectivity index (χ0) is 17.7. The van der Waals surface area contributed by atoms with Crippen LogP contribution in [-0.2, 0) is 30.7 Å². The third-order valence-corrected chi connectivity index (χ3v) is 6.26. The highest BCUT2D eigenvalue weighted by atomic mass is 16.2. The summed E-state index contributed by atoms with van der Waals surface area (Å²) in [7, 11) is 0. The molecule has 5 nitrogen and oxygen atoms in total. The molecular weight excluding hydrogens is 324 g/mol. The van der Waals surface area contributed by atoms with E-state index in [0.29, 0.717) is 6.54 Å². The molecule has 0 saturated carbocycles. The molecule has 0 N–H and O–H groups in total. The summed E-state index contributed by atoms with van der Waals surface area (Å²) >= 11 is 0. The molecule has 1 aliphatic carbocycles. The van der Waals surface area contributed by atoms with Crippen LogP contribution in [-0.4, -0.2) is 33.9 Å². The van der Waals surface area contributed by atoms with E-state index >= 15 is 0 Å². The summed E-state index contributed by atoms with van der Waals surface area (Å²) in [6, 6.07) is 4.02. The maximum Gasteiger partial charge on any atom is 0.228 e. The van der Waals surface area contributed by atoms with E-state index in [0.717, 1.165) is 50.3 Å². The number of rotatable bonds is 2. The molecule has 2 aromatic rings. The van der Waals surface area contributed by atoms with Gasteiger partial charge in [0.05, 0.1) is 30.0 Å². The van der Waals surface area contributed by atoms with Gasteiger partial charge in [-0.3, -0.25) is 14.8 Å². The molecule has 4 heterocycles. The van der Waals surface area contributed by atoms with E-state index in [1.54, 1.807) is 6.20 Å². The number of fused-ring (bicyclic) bond motifs is 2. The zero-order valence-corrected chi connectivity index (χ0v) is 15.2. The number of nitrogens with zero attached hydrogens (tertiary/aromatic N) is 4. The normalized spacial score (nSPS) is 21.2. The Labute approximate surface area is 154 Å². The van der Waals surface area contributed by atoms with Crippen LogP contribution in [0, 0.1) is 12.8 Å². The summed E-state index contributed by atoms with van der Waals surface area (Å²) in [5.74, 6) is 0.366. The average molecular weight is 348 g/mol. The van der Waals surface area contributed by atoms with Crippen molar-refractivity contribution >= 4 is 11.6 Å². The number of hydrogen-bond acceptors (Lipinski definition) is 4. The lowest BCUT2D eigenvalue weighted by Crippen LogP contribution is -2.34. The lowest BCUT2D eigenvalue weighted by Gasteiger charge is -2.21. The fourth-order valence-electron chi connectivity index (χ4n) is 4.80. The first kappa shape index (κ1) is 15.8. The van der Waals surface area contributed by atoms with Crippen molar-refractivity contribution in [3.63, 3.8) is 0 Å². The van der Waals surface area contributed by atoms with Gasteiger partial charge in [-0.1, -0.05) is 0 Å². The van der Waals surface area contributed by atoms with Crippen LogP contribution in [0.3, 0.4) is 0 Å². The minimum atomic E-state index is 0.0803. The highest BCUT2D eigenvalue weighted by Crippen LogP contribution is 2.34. The second-order valence-electron chi connectivity index (χ2n) is 7.78. The highest BCUT2D eigenvalue weighted by molar-refractivity contribution is 5.81. The number of pyridine rings is 2. The molecule has 1 amide bonds. The second kappa shape index (κ2) is 6.08. The van der Waals surface area contributed by atoms with Crippen LogP contribution in [0.4, 0.5) is 5.69 Å². The van der Waals surface area contributed by atoms with E-state index in [9.17, 15) is 4.79 Å². The number of anilines is 1. The van der Waals surface area contributed by atoms with Gasteiger partial charge in [-0.15, -0.1) is 0 Å². The van der Waals surface area contributed by atoms with E-state index in [4.69, 9.17) is 4.98 Å². The van der Waals surface area contributed by atoms with E-state index < -0.39 is 0 Å². The Balaban J connectivity index is 1.31. The highest BCUT2D eigenvalue weighted by Gasteiger charge is 2.36. The maximum atomic E-state index is 13.1.